The molecule has 2 nitrogen and oxygen atoms in total. The van der Waals surface area contributed by atoms with Crippen LogP contribution in [0.15, 0.2) is 41.3 Å². The van der Waals surface area contributed by atoms with Crippen molar-refractivity contribution in [3.05, 3.63) is 36.4 Å². The predicted octanol–water partition coefficient (Wildman–Crippen LogP) is 4.40. The Kier molecular flexibility index (Phi) is 3.90. The molecule has 1 aliphatic heterocycles. The van der Waals surface area contributed by atoms with Crippen LogP contribution in [0.3, 0.4) is 0 Å². The van der Waals surface area contributed by atoms with E-state index in [0.717, 1.165) is 0 Å². The van der Waals surface area contributed by atoms with Crippen molar-refractivity contribution in [1.82, 2.24) is 4.31 Å². The van der Waals surface area contributed by atoms with Crippen LogP contribution in [0, 0.1) is 0 Å². The van der Waals surface area contributed by atoms with E-state index in [2.05, 4.69) is 66.6 Å². The molecule has 0 aromatic heterocycles. The van der Waals surface area contributed by atoms with Gasteiger partial charge in [-0.25, -0.2) is 4.31 Å². The van der Waals surface area contributed by atoms with E-state index in [1.54, 1.807) is 0 Å². The standard InChI is InChI=1S/C17H22N2S/c1-13-6-5-11-19(13)20-17-8-4-7-14-12-15(18(2)3)9-10-16(14)17/h4,7-10,12-13H,5-6,11H2,1-3H3/t13-/m1/s1. The fourth-order valence-corrected chi connectivity index (χ4v) is 3.95. The third-order valence-electron chi connectivity index (χ3n) is 4.05. The van der Waals surface area contributed by atoms with Gasteiger partial charge >= 0.3 is 0 Å². The average Bonchev–Trinajstić information content (AvgIpc) is 2.84. The summed E-state index contributed by atoms with van der Waals surface area (Å²) in [6.45, 7) is 3.54. The van der Waals surface area contributed by atoms with Gasteiger partial charge in [0.15, 0.2) is 0 Å². The highest BCUT2D eigenvalue weighted by Crippen LogP contribution is 2.35. The Morgan fingerprint density at radius 3 is 2.75 bits per heavy atom. The molecule has 3 rings (SSSR count). The van der Waals surface area contributed by atoms with Gasteiger partial charge in [0.05, 0.1) is 0 Å². The molecule has 3 heteroatoms. The van der Waals surface area contributed by atoms with E-state index in [4.69, 9.17) is 0 Å². The minimum atomic E-state index is 0.691. The maximum atomic E-state index is 2.52. The second-order valence-corrected chi connectivity index (χ2v) is 6.87. The van der Waals surface area contributed by atoms with Crippen LogP contribution in [0.5, 0.6) is 0 Å². The Labute approximate surface area is 125 Å². The third-order valence-corrected chi connectivity index (χ3v) is 5.38. The van der Waals surface area contributed by atoms with Gasteiger partial charge in [-0.2, -0.15) is 0 Å². The van der Waals surface area contributed by atoms with Gasteiger partial charge in [0.2, 0.25) is 0 Å². The lowest BCUT2D eigenvalue weighted by molar-refractivity contribution is 0.467. The summed E-state index contributed by atoms with van der Waals surface area (Å²) in [7, 11) is 4.18. The van der Waals surface area contributed by atoms with Gasteiger partial charge in [-0.15, -0.1) is 0 Å². The summed E-state index contributed by atoms with van der Waals surface area (Å²) in [6, 6.07) is 14.1. The summed E-state index contributed by atoms with van der Waals surface area (Å²) in [5.41, 5.74) is 1.26. The molecule has 2 aromatic rings. The first kappa shape index (κ1) is 13.8. The van der Waals surface area contributed by atoms with Crippen LogP contribution < -0.4 is 4.90 Å². The number of fused-ring (bicyclic) bond motifs is 1. The highest BCUT2D eigenvalue weighted by molar-refractivity contribution is 7.97. The zero-order valence-corrected chi connectivity index (χ0v) is 13.3. The topological polar surface area (TPSA) is 6.48 Å². The number of hydrogen-bond donors (Lipinski definition) is 0. The first-order valence-electron chi connectivity index (χ1n) is 7.30. The van der Waals surface area contributed by atoms with Crippen molar-refractivity contribution >= 4 is 28.4 Å². The van der Waals surface area contributed by atoms with Gasteiger partial charge in [0.1, 0.15) is 0 Å². The number of hydrogen-bond acceptors (Lipinski definition) is 3. The molecule has 0 radical (unpaired) electrons. The number of benzene rings is 2. The second-order valence-electron chi connectivity index (χ2n) is 5.78. The van der Waals surface area contributed by atoms with Gasteiger partial charge in [-0.3, -0.25) is 0 Å². The fourth-order valence-electron chi connectivity index (χ4n) is 2.77. The van der Waals surface area contributed by atoms with Crippen LogP contribution in [0.4, 0.5) is 5.69 Å². The maximum absolute atomic E-state index is 2.52. The SMILES string of the molecule is C[C@@H]1CCCN1Sc1cccc2cc(N(C)C)ccc12. The largest absolute Gasteiger partial charge is 0.378 e. The minimum Gasteiger partial charge on any atom is -0.378 e. The molecular weight excluding hydrogens is 264 g/mol. The first-order chi connectivity index (χ1) is 9.65. The summed E-state index contributed by atoms with van der Waals surface area (Å²) in [5, 5.41) is 2.69. The molecule has 1 fully saturated rings. The van der Waals surface area contributed by atoms with E-state index in [0.29, 0.717) is 6.04 Å². The zero-order valence-electron chi connectivity index (χ0n) is 12.5. The average molecular weight is 286 g/mol. The molecule has 0 unspecified atom stereocenters. The fraction of sp³-hybridized carbons (Fsp3) is 0.412. The molecule has 0 aliphatic carbocycles. The number of rotatable bonds is 3. The van der Waals surface area contributed by atoms with E-state index >= 15 is 0 Å². The third kappa shape index (κ3) is 2.65. The molecule has 0 saturated carbocycles. The Bertz CT molecular complexity index is 609. The lowest BCUT2D eigenvalue weighted by Crippen LogP contribution is -2.18. The van der Waals surface area contributed by atoms with Crippen LogP contribution in [0.25, 0.3) is 10.8 Å². The highest BCUT2D eigenvalue weighted by Gasteiger charge is 2.21. The van der Waals surface area contributed by atoms with E-state index < -0.39 is 0 Å². The summed E-state index contributed by atoms with van der Waals surface area (Å²) in [5.74, 6) is 0. The molecule has 0 N–H and O–H groups in total. The van der Waals surface area contributed by atoms with Crippen molar-refractivity contribution in [2.45, 2.75) is 30.7 Å². The molecular formula is C17H22N2S. The van der Waals surface area contributed by atoms with Crippen LogP contribution >= 0.6 is 11.9 Å². The minimum absolute atomic E-state index is 0.691. The summed E-state index contributed by atoms with van der Waals surface area (Å²) in [6.07, 6.45) is 2.65. The Hall–Kier alpha value is -1.19. The van der Waals surface area contributed by atoms with Crippen LogP contribution in [-0.4, -0.2) is 31.0 Å². The predicted molar refractivity (Wildman–Crippen MR) is 89.5 cm³/mol. The maximum Gasteiger partial charge on any atom is 0.0367 e. The molecule has 1 atom stereocenters. The lowest BCUT2D eigenvalue weighted by atomic mass is 10.1. The van der Waals surface area contributed by atoms with Crippen LogP contribution in [0.2, 0.25) is 0 Å². The molecule has 1 saturated heterocycles. The molecule has 0 bridgehead atoms. The van der Waals surface area contributed by atoms with Crippen molar-refractivity contribution in [1.29, 1.82) is 0 Å². The van der Waals surface area contributed by atoms with Crippen molar-refractivity contribution < 1.29 is 0 Å². The Morgan fingerprint density at radius 1 is 1.20 bits per heavy atom. The van der Waals surface area contributed by atoms with Crippen molar-refractivity contribution in [2.24, 2.45) is 0 Å². The Morgan fingerprint density at radius 2 is 2.05 bits per heavy atom. The van der Waals surface area contributed by atoms with E-state index in [-0.39, 0.29) is 0 Å². The summed E-state index contributed by atoms with van der Waals surface area (Å²) < 4.78 is 2.52. The van der Waals surface area contributed by atoms with Crippen LogP contribution in [-0.2, 0) is 0 Å². The van der Waals surface area contributed by atoms with Crippen molar-refractivity contribution in [3.8, 4) is 0 Å². The van der Waals surface area contributed by atoms with Gasteiger partial charge < -0.3 is 4.90 Å². The van der Waals surface area contributed by atoms with E-state index in [9.17, 15) is 0 Å². The van der Waals surface area contributed by atoms with Crippen LogP contribution in [0.1, 0.15) is 19.8 Å². The van der Waals surface area contributed by atoms with Gasteiger partial charge in [-0.1, -0.05) is 18.2 Å². The number of nitrogens with zero attached hydrogens (tertiary/aromatic N) is 2. The molecule has 0 spiro atoms. The first-order valence-corrected chi connectivity index (χ1v) is 8.07. The second kappa shape index (κ2) is 5.66. The normalized spacial score (nSPS) is 19.6. The number of anilines is 1. The quantitative estimate of drug-likeness (QED) is 0.772. The molecule has 0 amide bonds. The monoisotopic (exact) mass is 286 g/mol. The highest BCUT2D eigenvalue weighted by atomic mass is 32.2. The molecule has 1 heterocycles. The van der Waals surface area contributed by atoms with E-state index in [1.165, 1.54) is 40.7 Å². The van der Waals surface area contributed by atoms with Crippen molar-refractivity contribution in [3.63, 3.8) is 0 Å². The van der Waals surface area contributed by atoms with E-state index in [1.807, 2.05) is 11.9 Å². The smallest absolute Gasteiger partial charge is 0.0367 e. The molecule has 20 heavy (non-hydrogen) atoms. The van der Waals surface area contributed by atoms with Gasteiger partial charge in [0.25, 0.3) is 0 Å². The summed E-state index contributed by atoms with van der Waals surface area (Å²) in [4.78, 5) is 3.53. The summed E-state index contributed by atoms with van der Waals surface area (Å²) >= 11 is 1.92. The zero-order chi connectivity index (χ0) is 14.1. The van der Waals surface area contributed by atoms with Gasteiger partial charge in [0, 0.05) is 37.3 Å². The molecule has 106 valence electrons. The van der Waals surface area contributed by atoms with Gasteiger partial charge in [-0.05, 0) is 60.7 Å². The Balaban J connectivity index is 1.95. The van der Waals surface area contributed by atoms with Crippen molar-refractivity contribution in [2.75, 3.05) is 25.5 Å². The molecule has 2 aromatic carbocycles. The lowest BCUT2D eigenvalue weighted by Gasteiger charge is -2.21. The molecule has 1 aliphatic rings.